The smallest absolute Gasteiger partial charge is 0.0640 e. The number of halogens is 2. The molecule has 1 atom stereocenters. The van der Waals surface area contributed by atoms with Gasteiger partial charge in [0.15, 0.2) is 0 Å². The minimum atomic E-state index is -0.0731. The van der Waals surface area contributed by atoms with Crippen molar-refractivity contribution >= 4 is 23.2 Å². The van der Waals surface area contributed by atoms with E-state index in [1.165, 1.54) is 5.56 Å². The summed E-state index contributed by atoms with van der Waals surface area (Å²) >= 11 is 12.5. The minimum Gasteiger partial charge on any atom is -0.117 e. The van der Waals surface area contributed by atoms with Gasteiger partial charge in [-0.2, -0.15) is 0 Å². The molecule has 0 bridgehead atoms. The van der Waals surface area contributed by atoms with Gasteiger partial charge in [-0.05, 0) is 23.6 Å². The van der Waals surface area contributed by atoms with E-state index in [2.05, 4.69) is 12.1 Å². The number of hydrogen-bond acceptors (Lipinski definition) is 0. The highest BCUT2D eigenvalue weighted by Crippen LogP contribution is 2.30. The van der Waals surface area contributed by atoms with Crippen molar-refractivity contribution in [1.29, 1.82) is 0 Å². The SMILES string of the molecule is Clc1ccccc1C(Cl)Cc1ccccc1. The van der Waals surface area contributed by atoms with Crippen molar-refractivity contribution in [3.63, 3.8) is 0 Å². The van der Waals surface area contributed by atoms with E-state index in [9.17, 15) is 0 Å². The van der Waals surface area contributed by atoms with Crippen molar-refractivity contribution < 1.29 is 0 Å². The Hall–Kier alpha value is -0.980. The molecule has 0 radical (unpaired) electrons. The zero-order valence-corrected chi connectivity index (χ0v) is 10.2. The van der Waals surface area contributed by atoms with Crippen LogP contribution in [0.5, 0.6) is 0 Å². The predicted octanol–water partition coefficient (Wildman–Crippen LogP) is 4.86. The lowest BCUT2D eigenvalue weighted by molar-refractivity contribution is 0.920. The van der Waals surface area contributed by atoms with Gasteiger partial charge in [0.25, 0.3) is 0 Å². The van der Waals surface area contributed by atoms with Crippen LogP contribution in [0.15, 0.2) is 54.6 Å². The molecule has 2 rings (SSSR count). The Balaban J connectivity index is 2.15. The second kappa shape index (κ2) is 5.38. The normalized spacial score (nSPS) is 12.4. The minimum absolute atomic E-state index is 0.0731. The van der Waals surface area contributed by atoms with Gasteiger partial charge in [-0.1, -0.05) is 60.1 Å². The first-order valence-corrected chi connectivity index (χ1v) is 6.01. The van der Waals surface area contributed by atoms with Crippen LogP contribution in [0.25, 0.3) is 0 Å². The molecular weight excluding hydrogens is 239 g/mol. The molecule has 2 aromatic carbocycles. The quantitative estimate of drug-likeness (QED) is 0.683. The highest BCUT2D eigenvalue weighted by Gasteiger charge is 2.11. The highest BCUT2D eigenvalue weighted by atomic mass is 35.5. The van der Waals surface area contributed by atoms with Crippen LogP contribution >= 0.6 is 23.2 Å². The Labute approximate surface area is 106 Å². The van der Waals surface area contributed by atoms with Gasteiger partial charge in [-0.15, -0.1) is 11.6 Å². The maximum absolute atomic E-state index is 6.36. The molecule has 0 saturated heterocycles. The van der Waals surface area contributed by atoms with E-state index in [0.29, 0.717) is 0 Å². The number of hydrogen-bond donors (Lipinski definition) is 0. The maximum atomic E-state index is 6.36. The van der Waals surface area contributed by atoms with E-state index in [-0.39, 0.29) is 5.38 Å². The third kappa shape index (κ3) is 2.78. The van der Waals surface area contributed by atoms with Gasteiger partial charge in [0.05, 0.1) is 5.38 Å². The Bertz CT molecular complexity index is 451. The molecule has 0 saturated carbocycles. The fourth-order valence-corrected chi connectivity index (χ4v) is 2.35. The Kier molecular flexibility index (Phi) is 3.87. The van der Waals surface area contributed by atoms with Gasteiger partial charge < -0.3 is 0 Å². The Morgan fingerprint density at radius 3 is 2.19 bits per heavy atom. The summed E-state index contributed by atoms with van der Waals surface area (Å²) in [6.07, 6.45) is 0.798. The second-order valence-corrected chi connectivity index (χ2v) is 4.61. The Morgan fingerprint density at radius 1 is 0.875 bits per heavy atom. The molecule has 1 unspecified atom stereocenters. The summed E-state index contributed by atoms with van der Waals surface area (Å²) in [6, 6.07) is 17.9. The average Bonchev–Trinajstić information content (AvgIpc) is 2.31. The van der Waals surface area contributed by atoms with Crippen LogP contribution in [0.4, 0.5) is 0 Å². The number of alkyl halides is 1. The lowest BCUT2D eigenvalue weighted by Crippen LogP contribution is -1.96. The summed E-state index contributed by atoms with van der Waals surface area (Å²) < 4.78 is 0. The van der Waals surface area contributed by atoms with Crippen molar-refractivity contribution in [2.24, 2.45) is 0 Å². The molecule has 0 N–H and O–H groups in total. The van der Waals surface area contributed by atoms with Crippen molar-refractivity contribution in [1.82, 2.24) is 0 Å². The van der Waals surface area contributed by atoms with Crippen LogP contribution in [0.1, 0.15) is 16.5 Å². The summed E-state index contributed by atoms with van der Waals surface area (Å²) in [7, 11) is 0. The molecule has 0 heterocycles. The first-order chi connectivity index (χ1) is 7.77. The van der Waals surface area contributed by atoms with E-state index in [1.807, 2.05) is 42.5 Å². The second-order valence-electron chi connectivity index (χ2n) is 3.68. The molecule has 0 aliphatic heterocycles. The van der Waals surface area contributed by atoms with E-state index in [0.717, 1.165) is 17.0 Å². The van der Waals surface area contributed by atoms with E-state index in [1.54, 1.807) is 0 Å². The molecule has 0 nitrogen and oxygen atoms in total. The van der Waals surface area contributed by atoms with Gasteiger partial charge in [0, 0.05) is 5.02 Å². The number of rotatable bonds is 3. The summed E-state index contributed by atoms with van der Waals surface area (Å²) in [6.45, 7) is 0. The lowest BCUT2D eigenvalue weighted by Gasteiger charge is -2.11. The molecule has 0 fully saturated rings. The first-order valence-electron chi connectivity index (χ1n) is 5.20. The third-order valence-electron chi connectivity index (χ3n) is 2.50. The van der Waals surface area contributed by atoms with E-state index < -0.39 is 0 Å². The summed E-state index contributed by atoms with van der Waals surface area (Å²) in [5.74, 6) is 0. The molecule has 0 spiro atoms. The van der Waals surface area contributed by atoms with Gasteiger partial charge in [0.1, 0.15) is 0 Å². The van der Waals surface area contributed by atoms with Crippen molar-refractivity contribution in [2.75, 3.05) is 0 Å². The molecule has 2 heteroatoms. The maximum Gasteiger partial charge on any atom is 0.0640 e. The molecular formula is C14H12Cl2. The van der Waals surface area contributed by atoms with Gasteiger partial charge in [0.2, 0.25) is 0 Å². The van der Waals surface area contributed by atoms with Gasteiger partial charge in [-0.3, -0.25) is 0 Å². The van der Waals surface area contributed by atoms with Crippen LogP contribution in [0.2, 0.25) is 5.02 Å². The number of benzene rings is 2. The van der Waals surface area contributed by atoms with Crippen LogP contribution in [0, 0.1) is 0 Å². The van der Waals surface area contributed by atoms with Crippen LogP contribution < -0.4 is 0 Å². The van der Waals surface area contributed by atoms with Gasteiger partial charge >= 0.3 is 0 Å². The molecule has 0 aliphatic carbocycles. The summed E-state index contributed by atoms with van der Waals surface area (Å²) in [5.41, 5.74) is 2.22. The molecule has 0 amide bonds. The van der Waals surface area contributed by atoms with Crippen molar-refractivity contribution in [3.05, 3.63) is 70.7 Å². The Morgan fingerprint density at radius 2 is 1.50 bits per heavy atom. The predicted molar refractivity (Wildman–Crippen MR) is 70.2 cm³/mol. The molecule has 0 aromatic heterocycles. The van der Waals surface area contributed by atoms with Crippen molar-refractivity contribution in [2.45, 2.75) is 11.8 Å². The highest BCUT2D eigenvalue weighted by molar-refractivity contribution is 6.32. The molecule has 82 valence electrons. The van der Waals surface area contributed by atoms with E-state index in [4.69, 9.17) is 23.2 Å². The molecule has 2 aromatic rings. The fourth-order valence-electron chi connectivity index (χ4n) is 1.66. The summed E-state index contributed by atoms with van der Waals surface area (Å²) in [5, 5.41) is 0.662. The fraction of sp³-hybridized carbons (Fsp3) is 0.143. The molecule has 16 heavy (non-hydrogen) atoms. The summed E-state index contributed by atoms with van der Waals surface area (Å²) in [4.78, 5) is 0. The van der Waals surface area contributed by atoms with Crippen LogP contribution in [-0.4, -0.2) is 0 Å². The van der Waals surface area contributed by atoms with Crippen LogP contribution in [0.3, 0.4) is 0 Å². The topological polar surface area (TPSA) is 0 Å². The van der Waals surface area contributed by atoms with E-state index >= 15 is 0 Å². The van der Waals surface area contributed by atoms with Crippen molar-refractivity contribution in [3.8, 4) is 0 Å². The van der Waals surface area contributed by atoms with Gasteiger partial charge in [-0.25, -0.2) is 0 Å². The zero-order valence-electron chi connectivity index (χ0n) is 8.74. The zero-order chi connectivity index (χ0) is 11.4. The lowest BCUT2D eigenvalue weighted by atomic mass is 10.0. The first kappa shape index (κ1) is 11.5. The van der Waals surface area contributed by atoms with Crippen LogP contribution in [-0.2, 0) is 6.42 Å². The largest absolute Gasteiger partial charge is 0.117 e. The average molecular weight is 251 g/mol. The monoisotopic (exact) mass is 250 g/mol. The standard InChI is InChI=1S/C14H12Cl2/c15-13-9-5-4-8-12(13)14(16)10-11-6-2-1-3-7-11/h1-9,14H,10H2. The third-order valence-corrected chi connectivity index (χ3v) is 3.23. The molecule has 0 aliphatic rings.